The number of methoxy groups -OCH3 is 2. The standard InChI is InChI=1S/C56H38O6/c1-59-55(57)39-27-29-49(47(33-39)45-23-11-17-35-13-3-7-19-41(35)45)61-51-31-25-37-15-5-9-21-43(37)53(51)54-44-22-10-6-16-38(44)26-32-52(54)62-50-30-28-40(56(58)60-2)34-48(50)46-24-12-18-36-14-4-8-20-42(36)46/h3-34H,1-2H3. The molecule has 0 aromatic heterocycles. The third kappa shape index (κ3) is 6.83. The molecule has 0 radical (unpaired) electrons. The Hall–Kier alpha value is -8.22. The van der Waals surface area contributed by atoms with E-state index in [-0.39, 0.29) is 0 Å². The van der Waals surface area contributed by atoms with Gasteiger partial charge in [0.1, 0.15) is 23.0 Å². The van der Waals surface area contributed by atoms with E-state index in [9.17, 15) is 9.59 Å². The van der Waals surface area contributed by atoms with E-state index < -0.39 is 11.9 Å². The molecule has 10 aromatic carbocycles. The second-order valence-corrected chi connectivity index (χ2v) is 15.0. The maximum absolute atomic E-state index is 13.0. The molecule has 6 nitrogen and oxygen atoms in total. The van der Waals surface area contributed by atoms with Crippen molar-refractivity contribution in [3.63, 3.8) is 0 Å². The SMILES string of the molecule is COC(=O)c1ccc(Oc2ccc3ccccc3c2-c2c(Oc3ccc(C(=O)OC)cc3-c3cccc4ccccc34)ccc3ccccc23)c(-c2cccc3ccccc23)c1. The lowest BCUT2D eigenvalue weighted by Crippen LogP contribution is -2.03. The molecule has 6 heteroatoms. The van der Waals surface area contributed by atoms with Crippen LogP contribution in [0.25, 0.3) is 76.5 Å². The molecule has 10 rings (SSSR count). The molecule has 0 amide bonds. The number of carbonyl (C=O) groups excluding carboxylic acids is 2. The minimum atomic E-state index is -0.440. The minimum Gasteiger partial charge on any atom is -0.465 e. The fourth-order valence-electron chi connectivity index (χ4n) is 8.49. The number of fused-ring (bicyclic) bond motifs is 4. The van der Waals surface area contributed by atoms with E-state index in [1.165, 1.54) is 14.2 Å². The van der Waals surface area contributed by atoms with Crippen molar-refractivity contribution >= 4 is 55.0 Å². The van der Waals surface area contributed by atoms with Crippen molar-refractivity contribution < 1.29 is 28.5 Å². The van der Waals surface area contributed by atoms with E-state index in [0.717, 1.165) is 76.5 Å². The van der Waals surface area contributed by atoms with Crippen LogP contribution in [-0.2, 0) is 9.47 Å². The predicted octanol–water partition coefficient (Wildman–Crippen LogP) is 14.5. The molecule has 0 saturated carbocycles. The van der Waals surface area contributed by atoms with Crippen LogP contribution in [0.5, 0.6) is 23.0 Å². The minimum absolute atomic E-state index is 0.409. The number of rotatable bonds is 9. The largest absolute Gasteiger partial charge is 0.465 e. The highest BCUT2D eigenvalue weighted by Gasteiger charge is 2.24. The van der Waals surface area contributed by atoms with Crippen LogP contribution >= 0.6 is 0 Å². The first-order valence-electron chi connectivity index (χ1n) is 20.3. The van der Waals surface area contributed by atoms with E-state index in [1.807, 2.05) is 109 Å². The zero-order valence-electron chi connectivity index (χ0n) is 33.9. The normalized spacial score (nSPS) is 11.2. The number of benzene rings is 10. The highest BCUT2D eigenvalue weighted by atomic mass is 16.5. The number of hydrogen-bond acceptors (Lipinski definition) is 6. The van der Waals surface area contributed by atoms with Crippen LogP contribution in [0.3, 0.4) is 0 Å². The number of carbonyl (C=O) groups is 2. The highest BCUT2D eigenvalue weighted by molar-refractivity contribution is 6.10. The predicted molar refractivity (Wildman–Crippen MR) is 248 cm³/mol. The van der Waals surface area contributed by atoms with Crippen molar-refractivity contribution in [3.8, 4) is 56.4 Å². The van der Waals surface area contributed by atoms with E-state index >= 15 is 0 Å². The van der Waals surface area contributed by atoms with Crippen molar-refractivity contribution in [3.05, 3.63) is 205 Å². The third-order valence-electron chi connectivity index (χ3n) is 11.4. The van der Waals surface area contributed by atoms with E-state index in [1.54, 1.807) is 12.1 Å². The molecule has 0 unspecified atom stereocenters. The summed E-state index contributed by atoms with van der Waals surface area (Å²) in [6, 6.07) is 64.0. The smallest absolute Gasteiger partial charge is 0.337 e. The van der Waals surface area contributed by atoms with Crippen molar-refractivity contribution in [2.75, 3.05) is 14.2 Å². The molecule has 0 spiro atoms. The van der Waals surface area contributed by atoms with Crippen LogP contribution in [0, 0.1) is 0 Å². The summed E-state index contributed by atoms with van der Waals surface area (Å²) in [5, 5.41) is 8.11. The van der Waals surface area contributed by atoms with Gasteiger partial charge < -0.3 is 18.9 Å². The van der Waals surface area contributed by atoms with Gasteiger partial charge in [-0.3, -0.25) is 0 Å². The van der Waals surface area contributed by atoms with Gasteiger partial charge in [0.2, 0.25) is 0 Å². The van der Waals surface area contributed by atoms with Crippen LogP contribution in [-0.4, -0.2) is 26.2 Å². The van der Waals surface area contributed by atoms with Crippen LogP contribution in [0.2, 0.25) is 0 Å². The lowest BCUT2D eigenvalue weighted by molar-refractivity contribution is 0.0592. The van der Waals surface area contributed by atoms with Crippen molar-refractivity contribution in [1.29, 1.82) is 0 Å². The Morgan fingerprint density at radius 1 is 0.323 bits per heavy atom. The zero-order valence-corrected chi connectivity index (χ0v) is 33.9. The summed E-state index contributed by atoms with van der Waals surface area (Å²) < 4.78 is 24.7. The van der Waals surface area contributed by atoms with E-state index in [4.69, 9.17) is 18.9 Å². The number of esters is 2. The molecule has 0 atom stereocenters. The van der Waals surface area contributed by atoms with Crippen LogP contribution in [0.4, 0.5) is 0 Å². The summed E-state index contributed by atoms with van der Waals surface area (Å²) in [7, 11) is 2.77. The van der Waals surface area contributed by atoms with Gasteiger partial charge in [0.05, 0.1) is 25.3 Å². The molecule has 0 fully saturated rings. The van der Waals surface area contributed by atoms with E-state index in [2.05, 4.69) is 72.8 Å². The van der Waals surface area contributed by atoms with Crippen molar-refractivity contribution in [1.82, 2.24) is 0 Å². The van der Waals surface area contributed by atoms with Gasteiger partial charge in [-0.25, -0.2) is 9.59 Å². The van der Waals surface area contributed by atoms with Gasteiger partial charge >= 0.3 is 11.9 Å². The summed E-state index contributed by atoms with van der Waals surface area (Å²) in [4.78, 5) is 25.9. The van der Waals surface area contributed by atoms with Crippen molar-refractivity contribution in [2.45, 2.75) is 0 Å². The monoisotopic (exact) mass is 806 g/mol. The number of ether oxygens (including phenoxy) is 4. The van der Waals surface area contributed by atoms with Gasteiger partial charge in [0.15, 0.2) is 0 Å². The Morgan fingerprint density at radius 3 is 1.06 bits per heavy atom. The van der Waals surface area contributed by atoms with E-state index in [0.29, 0.717) is 34.1 Å². The molecular weight excluding hydrogens is 769 g/mol. The maximum Gasteiger partial charge on any atom is 0.337 e. The second-order valence-electron chi connectivity index (χ2n) is 15.0. The molecule has 62 heavy (non-hydrogen) atoms. The lowest BCUT2D eigenvalue weighted by Gasteiger charge is -2.22. The average molecular weight is 807 g/mol. The molecule has 0 aliphatic carbocycles. The Balaban J connectivity index is 1.20. The quantitative estimate of drug-likeness (QED) is 0.135. The first kappa shape index (κ1) is 38.0. The molecule has 0 aliphatic rings. The molecule has 0 N–H and O–H groups in total. The van der Waals surface area contributed by atoms with Crippen LogP contribution in [0.15, 0.2) is 194 Å². The molecule has 10 aromatic rings. The summed E-state index contributed by atoms with van der Waals surface area (Å²) in [5.74, 6) is 1.42. The topological polar surface area (TPSA) is 71.1 Å². The maximum atomic E-state index is 13.0. The molecule has 298 valence electrons. The number of hydrogen-bond donors (Lipinski definition) is 0. The van der Waals surface area contributed by atoms with Crippen molar-refractivity contribution in [2.24, 2.45) is 0 Å². The Morgan fingerprint density at radius 2 is 0.661 bits per heavy atom. The fourth-order valence-corrected chi connectivity index (χ4v) is 8.49. The first-order chi connectivity index (χ1) is 30.5. The fraction of sp³-hybridized carbons (Fsp3) is 0.0357. The summed E-state index contributed by atoms with van der Waals surface area (Å²) in [6.45, 7) is 0. The molecule has 0 aliphatic heterocycles. The van der Waals surface area contributed by atoms with Crippen LogP contribution < -0.4 is 9.47 Å². The molecule has 0 heterocycles. The van der Waals surface area contributed by atoms with Crippen LogP contribution in [0.1, 0.15) is 20.7 Å². The van der Waals surface area contributed by atoms with Gasteiger partial charge in [-0.05, 0) is 103 Å². The average Bonchev–Trinajstić information content (AvgIpc) is 3.33. The Kier molecular flexibility index (Phi) is 9.87. The zero-order chi connectivity index (χ0) is 42.2. The van der Waals surface area contributed by atoms with Gasteiger partial charge in [-0.15, -0.1) is 0 Å². The molecule has 0 saturated heterocycles. The molecule has 0 bridgehead atoms. The Labute approximate surface area is 358 Å². The lowest BCUT2D eigenvalue weighted by atomic mass is 9.92. The van der Waals surface area contributed by atoms with Gasteiger partial charge in [-0.2, -0.15) is 0 Å². The third-order valence-corrected chi connectivity index (χ3v) is 11.4. The van der Waals surface area contributed by atoms with Gasteiger partial charge in [-0.1, -0.05) is 146 Å². The Bertz CT molecular complexity index is 3150. The summed E-state index contributed by atoms with van der Waals surface area (Å²) in [5.41, 5.74) is 5.78. The van der Waals surface area contributed by atoms with Gasteiger partial charge in [0, 0.05) is 22.3 Å². The summed E-state index contributed by atoms with van der Waals surface area (Å²) >= 11 is 0. The summed E-state index contributed by atoms with van der Waals surface area (Å²) in [6.07, 6.45) is 0. The van der Waals surface area contributed by atoms with Gasteiger partial charge in [0.25, 0.3) is 0 Å². The second kappa shape index (κ2) is 16.1. The highest BCUT2D eigenvalue weighted by Crippen LogP contribution is 2.50. The molecular formula is C56H38O6. The first-order valence-corrected chi connectivity index (χ1v) is 20.3.